The van der Waals surface area contributed by atoms with Gasteiger partial charge in [-0.05, 0) is 13.8 Å². The lowest BCUT2D eigenvalue weighted by Crippen LogP contribution is -2.00. The van der Waals surface area contributed by atoms with Crippen molar-refractivity contribution >= 4 is 5.95 Å². The Morgan fingerprint density at radius 2 is 2.17 bits per heavy atom. The third-order valence-corrected chi connectivity index (χ3v) is 2.10. The smallest absolute Gasteiger partial charge is 0.220 e. The molecule has 0 aliphatic carbocycles. The molecule has 0 spiro atoms. The summed E-state index contributed by atoms with van der Waals surface area (Å²) < 4.78 is 5.53. The van der Waals surface area contributed by atoms with Crippen LogP contribution in [-0.2, 0) is 4.74 Å². The number of rotatable bonds is 0. The monoisotopic (exact) mass is 165 g/mol. The predicted octanol–water partition coefficient (Wildman–Crippen LogP) is 1.21. The summed E-state index contributed by atoms with van der Waals surface area (Å²) in [7, 11) is 0. The van der Waals surface area contributed by atoms with Gasteiger partial charge in [0.15, 0.2) is 0 Å². The van der Waals surface area contributed by atoms with Gasteiger partial charge in [0.1, 0.15) is 0 Å². The first-order valence-electron chi connectivity index (χ1n) is 3.96. The number of nitrogens with two attached hydrogens (primary N) is 1. The molecule has 0 radical (unpaired) electrons. The minimum Gasteiger partial charge on any atom is -0.368 e. The average Bonchev–Trinajstić information content (AvgIpc) is 2.28. The lowest BCUT2D eigenvalue weighted by molar-refractivity contribution is 0.0319. The van der Waals surface area contributed by atoms with Gasteiger partial charge in [-0.2, -0.15) is 0 Å². The van der Waals surface area contributed by atoms with Crippen LogP contribution in [0, 0.1) is 0 Å². The van der Waals surface area contributed by atoms with Crippen LogP contribution in [0.25, 0.3) is 0 Å². The molecule has 0 saturated carbocycles. The highest BCUT2D eigenvalue weighted by Gasteiger charge is 2.27. The Bertz CT molecular complexity index is 313. The molecule has 1 aliphatic heterocycles. The van der Waals surface area contributed by atoms with Crippen LogP contribution in [0.3, 0.4) is 0 Å². The molecule has 4 heteroatoms. The Labute approximate surface area is 70.8 Å². The van der Waals surface area contributed by atoms with Gasteiger partial charge in [-0.25, -0.2) is 9.97 Å². The van der Waals surface area contributed by atoms with Crippen molar-refractivity contribution in [1.29, 1.82) is 0 Å². The lowest BCUT2D eigenvalue weighted by atomic mass is 10.1. The SMILES string of the molecule is CC1OC(C)c2nc(N)ncc21. The fourth-order valence-corrected chi connectivity index (χ4v) is 1.50. The molecule has 0 fully saturated rings. The number of aromatic nitrogens is 2. The summed E-state index contributed by atoms with van der Waals surface area (Å²) in [4.78, 5) is 8.05. The van der Waals surface area contributed by atoms with Crippen LogP contribution in [0.4, 0.5) is 5.95 Å². The second-order valence-corrected chi connectivity index (χ2v) is 2.99. The molecule has 1 aromatic rings. The molecule has 2 rings (SSSR count). The van der Waals surface area contributed by atoms with Gasteiger partial charge in [-0.3, -0.25) is 0 Å². The zero-order valence-electron chi connectivity index (χ0n) is 7.11. The van der Waals surface area contributed by atoms with Gasteiger partial charge in [0.25, 0.3) is 0 Å². The first-order chi connectivity index (χ1) is 5.68. The summed E-state index contributed by atoms with van der Waals surface area (Å²) in [6.07, 6.45) is 1.88. The molecule has 0 saturated heterocycles. The molecular formula is C8H11N3O. The van der Waals surface area contributed by atoms with E-state index in [2.05, 4.69) is 9.97 Å². The van der Waals surface area contributed by atoms with E-state index in [9.17, 15) is 0 Å². The van der Waals surface area contributed by atoms with E-state index >= 15 is 0 Å². The number of fused-ring (bicyclic) bond motifs is 1. The van der Waals surface area contributed by atoms with E-state index in [1.54, 1.807) is 6.20 Å². The standard InChI is InChI=1S/C8H11N3O/c1-4-6-3-10-8(9)11-7(6)5(2)12-4/h3-5H,1-2H3,(H2,9,10,11). The van der Waals surface area contributed by atoms with E-state index in [1.165, 1.54) is 0 Å². The average molecular weight is 165 g/mol. The molecule has 1 aliphatic rings. The van der Waals surface area contributed by atoms with Crippen molar-refractivity contribution < 1.29 is 4.74 Å². The molecule has 0 amide bonds. The van der Waals surface area contributed by atoms with Crippen LogP contribution >= 0.6 is 0 Å². The van der Waals surface area contributed by atoms with Crippen LogP contribution in [0.5, 0.6) is 0 Å². The maximum atomic E-state index is 5.53. The van der Waals surface area contributed by atoms with Gasteiger partial charge in [0.2, 0.25) is 5.95 Å². The van der Waals surface area contributed by atoms with Crippen molar-refractivity contribution in [3.63, 3.8) is 0 Å². The Hall–Kier alpha value is -1.16. The Morgan fingerprint density at radius 1 is 1.42 bits per heavy atom. The predicted molar refractivity (Wildman–Crippen MR) is 44.4 cm³/mol. The zero-order chi connectivity index (χ0) is 8.72. The maximum Gasteiger partial charge on any atom is 0.220 e. The van der Waals surface area contributed by atoms with E-state index in [0.29, 0.717) is 5.95 Å². The van der Waals surface area contributed by atoms with Gasteiger partial charge in [0, 0.05) is 11.8 Å². The first kappa shape index (κ1) is 7.49. The zero-order valence-corrected chi connectivity index (χ0v) is 7.11. The van der Waals surface area contributed by atoms with Crippen molar-refractivity contribution in [2.75, 3.05) is 5.73 Å². The summed E-state index contributed by atoms with van der Waals surface area (Å²) in [5.74, 6) is 0.318. The molecule has 4 nitrogen and oxygen atoms in total. The highest BCUT2D eigenvalue weighted by Crippen LogP contribution is 2.36. The van der Waals surface area contributed by atoms with Crippen LogP contribution in [0.15, 0.2) is 6.20 Å². The van der Waals surface area contributed by atoms with Gasteiger partial charge < -0.3 is 10.5 Å². The first-order valence-corrected chi connectivity index (χ1v) is 3.96. The number of nitrogen functional groups attached to an aromatic ring is 1. The summed E-state index contributed by atoms with van der Waals surface area (Å²) in [5, 5.41) is 0. The number of anilines is 1. The van der Waals surface area contributed by atoms with Gasteiger partial charge in [-0.1, -0.05) is 0 Å². The molecule has 2 unspecified atom stereocenters. The van der Waals surface area contributed by atoms with E-state index in [1.807, 2.05) is 13.8 Å². The van der Waals surface area contributed by atoms with Crippen LogP contribution in [-0.4, -0.2) is 9.97 Å². The molecular weight excluding hydrogens is 154 g/mol. The van der Waals surface area contributed by atoms with Crippen molar-refractivity contribution in [3.8, 4) is 0 Å². The minimum atomic E-state index is 0.0419. The minimum absolute atomic E-state index is 0.0419. The number of nitrogens with zero attached hydrogens (tertiary/aromatic N) is 2. The summed E-state index contributed by atoms with van der Waals surface area (Å²) >= 11 is 0. The highest BCUT2D eigenvalue weighted by atomic mass is 16.5. The van der Waals surface area contributed by atoms with E-state index < -0.39 is 0 Å². The molecule has 2 heterocycles. The fourth-order valence-electron chi connectivity index (χ4n) is 1.50. The highest BCUT2D eigenvalue weighted by molar-refractivity contribution is 5.30. The third-order valence-electron chi connectivity index (χ3n) is 2.10. The molecule has 0 bridgehead atoms. The molecule has 2 atom stereocenters. The topological polar surface area (TPSA) is 61.0 Å². The molecule has 1 aromatic heterocycles. The van der Waals surface area contributed by atoms with Crippen molar-refractivity contribution in [1.82, 2.24) is 9.97 Å². The Balaban J connectivity index is 2.53. The van der Waals surface area contributed by atoms with Crippen LogP contribution in [0.1, 0.15) is 37.3 Å². The largest absolute Gasteiger partial charge is 0.368 e. The van der Waals surface area contributed by atoms with E-state index in [0.717, 1.165) is 11.3 Å². The summed E-state index contributed by atoms with van der Waals surface area (Å²) in [6.45, 7) is 3.96. The third kappa shape index (κ3) is 0.956. The van der Waals surface area contributed by atoms with Crippen LogP contribution in [0.2, 0.25) is 0 Å². The van der Waals surface area contributed by atoms with E-state index in [-0.39, 0.29) is 12.2 Å². The van der Waals surface area contributed by atoms with Gasteiger partial charge in [0.05, 0.1) is 17.9 Å². The molecule has 2 N–H and O–H groups in total. The summed E-state index contributed by atoms with van der Waals surface area (Å²) in [5.41, 5.74) is 7.44. The number of hydrogen-bond donors (Lipinski definition) is 1. The number of ether oxygens (including phenoxy) is 1. The molecule has 12 heavy (non-hydrogen) atoms. The van der Waals surface area contributed by atoms with Crippen molar-refractivity contribution in [2.45, 2.75) is 26.1 Å². The van der Waals surface area contributed by atoms with Gasteiger partial charge in [-0.15, -0.1) is 0 Å². The lowest BCUT2D eigenvalue weighted by Gasteiger charge is -2.02. The molecule has 64 valence electrons. The van der Waals surface area contributed by atoms with Gasteiger partial charge >= 0.3 is 0 Å². The molecule has 0 aromatic carbocycles. The number of hydrogen-bond acceptors (Lipinski definition) is 4. The second-order valence-electron chi connectivity index (χ2n) is 2.99. The Morgan fingerprint density at radius 3 is 2.92 bits per heavy atom. The summed E-state index contributed by atoms with van der Waals surface area (Å²) in [6, 6.07) is 0. The maximum absolute atomic E-state index is 5.53. The second kappa shape index (κ2) is 2.42. The normalized spacial score (nSPS) is 27.2. The van der Waals surface area contributed by atoms with Crippen molar-refractivity contribution in [3.05, 3.63) is 17.5 Å². The fraction of sp³-hybridized carbons (Fsp3) is 0.500. The quantitative estimate of drug-likeness (QED) is 0.627. The Kier molecular flexibility index (Phi) is 1.51. The van der Waals surface area contributed by atoms with Crippen molar-refractivity contribution in [2.24, 2.45) is 0 Å². The van der Waals surface area contributed by atoms with Crippen LogP contribution < -0.4 is 5.73 Å². The van der Waals surface area contributed by atoms with E-state index in [4.69, 9.17) is 10.5 Å².